The third-order valence-electron chi connectivity index (χ3n) is 3.84. The summed E-state index contributed by atoms with van der Waals surface area (Å²) in [6.07, 6.45) is 5.69. The lowest BCUT2D eigenvalue weighted by molar-refractivity contribution is -0.150. The highest BCUT2D eigenvalue weighted by molar-refractivity contribution is 5.70. The predicted octanol–water partition coefficient (Wildman–Crippen LogP) is 4.97. The quantitative estimate of drug-likeness (QED) is 0.400. The van der Waals surface area contributed by atoms with E-state index >= 15 is 0 Å². The standard InChI is InChI=1S/C20H30O4/c1-3-5-11-16-23-19(21)14-9-10-15-20(22)24-18(4-2)17-12-7-6-8-13-17/h6-8,12-13,18H,3-5,9-11,14-16H2,1-2H3. The lowest BCUT2D eigenvalue weighted by Gasteiger charge is -2.16. The lowest BCUT2D eigenvalue weighted by atomic mass is 10.1. The van der Waals surface area contributed by atoms with Crippen molar-refractivity contribution in [2.24, 2.45) is 0 Å². The van der Waals surface area contributed by atoms with E-state index < -0.39 is 0 Å². The van der Waals surface area contributed by atoms with Crippen molar-refractivity contribution in [3.05, 3.63) is 35.9 Å². The number of carbonyl (C=O) groups is 2. The molecule has 1 aromatic carbocycles. The van der Waals surface area contributed by atoms with Gasteiger partial charge in [0.15, 0.2) is 0 Å². The topological polar surface area (TPSA) is 52.6 Å². The van der Waals surface area contributed by atoms with Crippen molar-refractivity contribution in [1.82, 2.24) is 0 Å². The average molecular weight is 334 g/mol. The minimum Gasteiger partial charge on any atom is -0.466 e. The fourth-order valence-electron chi connectivity index (χ4n) is 2.42. The smallest absolute Gasteiger partial charge is 0.306 e. The van der Waals surface area contributed by atoms with Crippen molar-refractivity contribution in [1.29, 1.82) is 0 Å². The molecular weight excluding hydrogens is 304 g/mol. The van der Waals surface area contributed by atoms with E-state index in [1.807, 2.05) is 37.3 Å². The van der Waals surface area contributed by atoms with Crippen LogP contribution in [0.5, 0.6) is 0 Å². The molecule has 0 aliphatic heterocycles. The summed E-state index contributed by atoms with van der Waals surface area (Å²) in [5.74, 6) is -0.378. The lowest BCUT2D eigenvalue weighted by Crippen LogP contribution is -2.11. The first-order chi connectivity index (χ1) is 11.7. The van der Waals surface area contributed by atoms with Gasteiger partial charge < -0.3 is 9.47 Å². The van der Waals surface area contributed by atoms with Gasteiger partial charge in [-0.1, -0.05) is 57.0 Å². The molecule has 0 radical (unpaired) electrons. The molecule has 4 heteroatoms. The average Bonchev–Trinajstić information content (AvgIpc) is 2.61. The van der Waals surface area contributed by atoms with Crippen molar-refractivity contribution in [2.45, 2.75) is 71.3 Å². The highest BCUT2D eigenvalue weighted by Crippen LogP contribution is 2.21. The van der Waals surface area contributed by atoms with Crippen LogP contribution in [0.15, 0.2) is 30.3 Å². The van der Waals surface area contributed by atoms with Gasteiger partial charge in [0.1, 0.15) is 6.10 Å². The second-order valence-corrected chi connectivity index (χ2v) is 5.93. The van der Waals surface area contributed by atoms with Crippen LogP contribution in [0.1, 0.15) is 76.9 Å². The number of benzene rings is 1. The van der Waals surface area contributed by atoms with Gasteiger partial charge in [-0.3, -0.25) is 9.59 Å². The van der Waals surface area contributed by atoms with E-state index in [0.29, 0.717) is 32.3 Å². The Morgan fingerprint density at radius 3 is 2.21 bits per heavy atom. The molecule has 0 saturated carbocycles. The molecule has 4 nitrogen and oxygen atoms in total. The highest BCUT2D eigenvalue weighted by atomic mass is 16.5. The monoisotopic (exact) mass is 334 g/mol. The first kappa shape index (κ1) is 20.2. The molecule has 1 aromatic rings. The van der Waals surface area contributed by atoms with E-state index in [1.54, 1.807) is 0 Å². The maximum absolute atomic E-state index is 11.9. The van der Waals surface area contributed by atoms with Crippen molar-refractivity contribution < 1.29 is 19.1 Å². The van der Waals surface area contributed by atoms with Crippen LogP contribution in [-0.2, 0) is 19.1 Å². The van der Waals surface area contributed by atoms with Crippen molar-refractivity contribution in [2.75, 3.05) is 6.61 Å². The van der Waals surface area contributed by atoms with Gasteiger partial charge in [0.05, 0.1) is 6.61 Å². The van der Waals surface area contributed by atoms with Crippen LogP contribution in [0.25, 0.3) is 0 Å². The molecule has 0 aromatic heterocycles. The van der Waals surface area contributed by atoms with Gasteiger partial charge in [0.25, 0.3) is 0 Å². The Balaban J connectivity index is 2.16. The zero-order chi connectivity index (χ0) is 17.6. The molecule has 0 heterocycles. The number of carbonyl (C=O) groups excluding carboxylic acids is 2. The summed E-state index contributed by atoms with van der Waals surface area (Å²) < 4.78 is 10.7. The van der Waals surface area contributed by atoms with Gasteiger partial charge in [-0.25, -0.2) is 0 Å². The summed E-state index contributed by atoms with van der Waals surface area (Å²) in [4.78, 5) is 23.5. The van der Waals surface area contributed by atoms with Gasteiger partial charge in [-0.2, -0.15) is 0 Å². The van der Waals surface area contributed by atoms with E-state index in [-0.39, 0.29) is 18.0 Å². The molecule has 0 spiro atoms. The van der Waals surface area contributed by atoms with E-state index in [4.69, 9.17) is 9.47 Å². The van der Waals surface area contributed by atoms with E-state index in [9.17, 15) is 9.59 Å². The molecular formula is C20H30O4. The Kier molecular flexibility index (Phi) is 10.6. The predicted molar refractivity (Wildman–Crippen MR) is 94.5 cm³/mol. The molecule has 1 unspecified atom stereocenters. The van der Waals surface area contributed by atoms with Crippen LogP contribution in [0.4, 0.5) is 0 Å². The molecule has 0 aliphatic carbocycles. The van der Waals surface area contributed by atoms with Gasteiger partial charge in [-0.05, 0) is 31.2 Å². The molecule has 0 fully saturated rings. The number of hydrogen-bond acceptors (Lipinski definition) is 4. The maximum atomic E-state index is 11.9. The number of esters is 2. The molecule has 0 aliphatic rings. The summed E-state index contributed by atoms with van der Waals surface area (Å²) in [6, 6.07) is 9.77. The molecule has 1 atom stereocenters. The van der Waals surface area contributed by atoms with Crippen LogP contribution in [0.2, 0.25) is 0 Å². The van der Waals surface area contributed by atoms with Gasteiger partial charge in [0, 0.05) is 12.8 Å². The van der Waals surface area contributed by atoms with E-state index in [2.05, 4.69) is 6.92 Å². The zero-order valence-corrected chi connectivity index (χ0v) is 15.0. The summed E-state index contributed by atoms with van der Waals surface area (Å²) in [5, 5.41) is 0. The van der Waals surface area contributed by atoms with Crippen LogP contribution in [0.3, 0.4) is 0 Å². The Bertz CT molecular complexity index is 470. The first-order valence-corrected chi connectivity index (χ1v) is 9.07. The Hall–Kier alpha value is -1.84. The second kappa shape index (κ2) is 12.6. The number of ether oxygens (including phenoxy) is 2. The number of unbranched alkanes of at least 4 members (excludes halogenated alkanes) is 3. The summed E-state index contributed by atoms with van der Waals surface area (Å²) in [6.45, 7) is 4.62. The minimum absolute atomic E-state index is 0.171. The summed E-state index contributed by atoms with van der Waals surface area (Å²) >= 11 is 0. The fraction of sp³-hybridized carbons (Fsp3) is 0.600. The Morgan fingerprint density at radius 1 is 0.917 bits per heavy atom. The SMILES string of the molecule is CCCCCOC(=O)CCCCC(=O)OC(CC)c1ccccc1. The maximum Gasteiger partial charge on any atom is 0.306 e. The van der Waals surface area contributed by atoms with E-state index in [0.717, 1.165) is 31.2 Å². The van der Waals surface area contributed by atoms with Gasteiger partial charge >= 0.3 is 11.9 Å². The van der Waals surface area contributed by atoms with Crippen LogP contribution >= 0.6 is 0 Å². The highest BCUT2D eigenvalue weighted by Gasteiger charge is 2.14. The first-order valence-electron chi connectivity index (χ1n) is 9.07. The van der Waals surface area contributed by atoms with E-state index in [1.165, 1.54) is 0 Å². The Morgan fingerprint density at radius 2 is 1.58 bits per heavy atom. The molecule has 0 N–H and O–H groups in total. The molecule has 0 amide bonds. The third kappa shape index (κ3) is 8.70. The second-order valence-electron chi connectivity index (χ2n) is 5.93. The fourth-order valence-corrected chi connectivity index (χ4v) is 2.42. The number of hydrogen-bond donors (Lipinski definition) is 0. The van der Waals surface area contributed by atoms with Gasteiger partial charge in [-0.15, -0.1) is 0 Å². The Labute approximate surface area is 145 Å². The minimum atomic E-state index is -0.206. The van der Waals surface area contributed by atoms with Crippen molar-refractivity contribution in [3.8, 4) is 0 Å². The molecule has 1 rings (SSSR count). The number of rotatable bonds is 12. The molecule has 134 valence electrons. The van der Waals surface area contributed by atoms with Crippen molar-refractivity contribution in [3.63, 3.8) is 0 Å². The van der Waals surface area contributed by atoms with Crippen molar-refractivity contribution >= 4 is 11.9 Å². The van der Waals surface area contributed by atoms with Crippen LogP contribution in [0, 0.1) is 0 Å². The van der Waals surface area contributed by atoms with Gasteiger partial charge in [0.2, 0.25) is 0 Å². The zero-order valence-electron chi connectivity index (χ0n) is 15.0. The van der Waals surface area contributed by atoms with Crippen LogP contribution < -0.4 is 0 Å². The molecule has 0 bridgehead atoms. The summed E-state index contributed by atoms with van der Waals surface area (Å²) in [7, 11) is 0. The molecule has 24 heavy (non-hydrogen) atoms. The molecule has 0 saturated heterocycles. The normalized spacial score (nSPS) is 11.8. The third-order valence-corrected chi connectivity index (χ3v) is 3.84. The van der Waals surface area contributed by atoms with Crippen LogP contribution in [-0.4, -0.2) is 18.5 Å². The largest absolute Gasteiger partial charge is 0.466 e. The summed E-state index contributed by atoms with van der Waals surface area (Å²) in [5.41, 5.74) is 1.02.